The summed E-state index contributed by atoms with van der Waals surface area (Å²) in [5, 5.41) is 3.40. The molecular formula is C16H27NO2S. The quantitative estimate of drug-likeness (QED) is 0.664. The van der Waals surface area contributed by atoms with Gasteiger partial charge >= 0.3 is 0 Å². The van der Waals surface area contributed by atoms with Gasteiger partial charge in [-0.05, 0) is 49.1 Å². The first-order chi connectivity index (χ1) is 9.72. The standard InChI is InChI=1S/C16H27NO2S/c1-5-17-13(3)14-8-9-15(16(12-14)18-4)19-10-7-11-20-6-2/h8-9,12-13,17H,5-7,10-11H2,1-4H3. The number of nitrogens with one attached hydrogen (secondary N) is 1. The van der Waals surface area contributed by atoms with Crippen molar-refractivity contribution in [3.05, 3.63) is 23.8 Å². The molecule has 0 heterocycles. The molecular weight excluding hydrogens is 270 g/mol. The molecule has 0 amide bonds. The van der Waals surface area contributed by atoms with Gasteiger partial charge in [0, 0.05) is 6.04 Å². The van der Waals surface area contributed by atoms with Crippen LogP contribution in [0.15, 0.2) is 18.2 Å². The number of hydrogen-bond donors (Lipinski definition) is 1. The van der Waals surface area contributed by atoms with Crippen molar-refractivity contribution in [2.75, 3.05) is 31.8 Å². The number of methoxy groups -OCH3 is 1. The third-order valence-corrected chi connectivity index (χ3v) is 4.08. The Balaban J connectivity index is 2.58. The van der Waals surface area contributed by atoms with E-state index in [1.165, 1.54) is 11.3 Å². The molecule has 0 saturated carbocycles. The van der Waals surface area contributed by atoms with Crippen molar-refractivity contribution < 1.29 is 9.47 Å². The van der Waals surface area contributed by atoms with Crippen molar-refractivity contribution in [1.82, 2.24) is 5.32 Å². The predicted octanol–water partition coefficient (Wildman–Crippen LogP) is 3.89. The van der Waals surface area contributed by atoms with Crippen molar-refractivity contribution in [2.45, 2.75) is 33.2 Å². The average molecular weight is 297 g/mol. The van der Waals surface area contributed by atoms with Crippen molar-refractivity contribution in [3.63, 3.8) is 0 Å². The van der Waals surface area contributed by atoms with Crippen LogP contribution in [0.1, 0.15) is 38.8 Å². The molecule has 0 aliphatic heterocycles. The molecule has 1 N–H and O–H groups in total. The Hall–Kier alpha value is -0.870. The van der Waals surface area contributed by atoms with Crippen molar-refractivity contribution in [3.8, 4) is 11.5 Å². The molecule has 114 valence electrons. The molecule has 0 spiro atoms. The minimum atomic E-state index is 0.323. The van der Waals surface area contributed by atoms with E-state index in [2.05, 4.69) is 38.2 Å². The summed E-state index contributed by atoms with van der Waals surface area (Å²) in [5.74, 6) is 3.96. The topological polar surface area (TPSA) is 30.5 Å². The zero-order valence-corrected chi connectivity index (χ0v) is 13.9. The van der Waals surface area contributed by atoms with Crippen LogP contribution in [0.2, 0.25) is 0 Å². The molecule has 3 nitrogen and oxygen atoms in total. The lowest BCUT2D eigenvalue weighted by Gasteiger charge is -2.16. The Morgan fingerprint density at radius 2 is 2.05 bits per heavy atom. The molecule has 0 saturated heterocycles. The number of thioether (sulfide) groups is 1. The molecule has 1 aromatic rings. The predicted molar refractivity (Wildman–Crippen MR) is 88.2 cm³/mol. The first-order valence-electron chi connectivity index (χ1n) is 7.34. The molecule has 1 aromatic carbocycles. The summed E-state index contributed by atoms with van der Waals surface area (Å²) in [6.07, 6.45) is 1.07. The van der Waals surface area contributed by atoms with Gasteiger partial charge in [-0.15, -0.1) is 0 Å². The SMILES string of the molecule is CCNC(C)c1ccc(OCCCSCC)c(OC)c1. The Morgan fingerprint density at radius 1 is 1.25 bits per heavy atom. The Bertz CT molecular complexity index is 385. The molecule has 0 fully saturated rings. The largest absolute Gasteiger partial charge is 0.493 e. The summed E-state index contributed by atoms with van der Waals surface area (Å²) < 4.78 is 11.2. The Kier molecular flexibility index (Phi) is 8.54. The maximum absolute atomic E-state index is 5.81. The summed E-state index contributed by atoms with van der Waals surface area (Å²) in [4.78, 5) is 0. The molecule has 4 heteroatoms. The lowest BCUT2D eigenvalue weighted by Crippen LogP contribution is -2.17. The highest BCUT2D eigenvalue weighted by atomic mass is 32.2. The second kappa shape index (κ2) is 9.94. The van der Waals surface area contributed by atoms with Crippen molar-refractivity contribution in [2.24, 2.45) is 0 Å². The van der Waals surface area contributed by atoms with E-state index < -0.39 is 0 Å². The van der Waals surface area contributed by atoms with Gasteiger partial charge in [-0.25, -0.2) is 0 Å². The van der Waals surface area contributed by atoms with Crippen LogP contribution in [-0.2, 0) is 0 Å². The van der Waals surface area contributed by atoms with Gasteiger partial charge < -0.3 is 14.8 Å². The number of hydrogen-bond acceptors (Lipinski definition) is 4. The highest BCUT2D eigenvalue weighted by Crippen LogP contribution is 2.30. The Labute approximate surface area is 127 Å². The molecule has 0 aromatic heterocycles. The van der Waals surface area contributed by atoms with Gasteiger partial charge in [0.2, 0.25) is 0 Å². The number of rotatable bonds is 10. The van der Waals surface area contributed by atoms with Crippen LogP contribution in [0.3, 0.4) is 0 Å². The average Bonchev–Trinajstić information content (AvgIpc) is 2.47. The van der Waals surface area contributed by atoms with E-state index in [4.69, 9.17) is 9.47 Å². The molecule has 0 radical (unpaired) electrons. The highest BCUT2D eigenvalue weighted by molar-refractivity contribution is 7.99. The van der Waals surface area contributed by atoms with Gasteiger partial charge in [-0.3, -0.25) is 0 Å². The van der Waals surface area contributed by atoms with Crippen molar-refractivity contribution in [1.29, 1.82) is 0 Å². The second-order valence-corrected chi connectivity index (χ2v) is 5.98. The van der Waals surface area contributed by atoms with Crippen LogP contribution >= 0.6 is 11.8 Å². The molecule has 0 aliphatic carbocycles. The zero-order chi connectivity index (χ0) is 14.8. The summed E-state index contributed by atoms with van der Waals surface area (Å²) in [6.45, 7) is 8.14. The van der Waals surface area contributed by atoms with Crippen LogP contribution in [-0.4, -0.2) is 31.8 Å². The first kappa shape index (κ1) is 17.2. The van der Waals surface area contributed by atoms with Gasteiger partial charge in [-0.1, -0.05) is 19.9 Å². The van der Waals surface area contributed by atoms with E-state index in [0.29, 0.717) is 6.04 Å². The maximum atomic E-state index is 5.81. The normalized spacial score (nSPS) is 12.2. The minimum Gasteiger partial charge on any atom is -0.493 e. The van der Waals surface area contributed by atoms with Crippen LogP contribution in [0.5, 0.6) is 11.5 Å². The summed E-state index contributed by atoms with van der Waals surface area (Å²) in [5.41, 5.74) is 1.22. The fourth-order valence-electron chi connectivity index (χ4n) is 1.98. The fourth-order valence-corrected chi connectivity index (χ4v) is 2.59. The van der Waals surface area contributed by atoms with E-state index in [-0.39, 0.29) is 0 Å². The van der Waals surface area contributed by atoms with Gasteiger partial charge in [0.05, 0.1) is 13.7 Å². The molecule has 1 atom stereocenters. The van der Waals surface area contributed by atoms with Gasteiger partial charge in [-0.2, -0.15) is 11.8 Å². The molecule has 1 rings (SSSR count). The zero-order valence-electron chi connectivity index (χ0n) is 13.1. The fraction of sp³-hybridized carbons (Fsp3) is 0.625. The third kappa shape index (κ3) is 5.63. The second-order valence-electron chi connectivity index (χ2n) is 4.59. The van der Waals surface area contributed by atoms with Crippen LogP contribution in [0, 0.1) is 0 Å². The smallest absolute Gasteiger partial charge is 0.161 e. The van der Waals surface area contributed by atoms with Gasteiger partial charge in [0.15, 0.2) is 11.5 Å². The molecule has 1 unspecified atom stereocenters. The highest BCUT2D eigenvalue weighted by Gasteiger charge is 2.09. The Morgan fingerprint density at radius 3 is 2.70 bits per heavy atom. The minimum absolute atomic E-state index is 0.323. The lowest BCUT2D eigenvalue weighted by atomic mass is 10.1. The monoisotopic (exact) mass is 297 g/mol. The van der Waals surface area contributed by atoms with E-state index in [9.17, 15) is 0 Å². The third-order valence-electron chi connectivity index (χ3n) is 3.09. The van der Waals surface area contributed by atoms with E-state index in [1.54, 1.807) is 7.11 Å². The van der Waals surface area contributed by atoms with E-state index in [1.807, 2.05) is 17.8 Å². The summed E-state index contributed by atoms with van der Waals surface area (Å²) >= 11 is 1.95. The van der Waals surface area contributed by atoms with E-state index in [0.717, 1.165) is 36.8 Å². The summed E-state index contributed by atoms with van der Waals surface area (Å²) in [6, 6.07) is 6.49. The first-order valence-corrected chi connectivity index (χ1v) is 8.50. The van der Waals surface area contributed by atoms with Crippen LogP contribution < -0.4 is 14.8 Å². The molecule has 0 bridgehead atoms. The van der Waals surface area contributed by atoms with Crippen molar-refractivity contribution >= 4 is 11.8 Å². The number of benzene rings is 1. The summed E-state index contributed by atoms with van der Waals surface area (Å²) in [7, 11) is 1.69. The van der Waals surface area contributed by atoms with Gasteiger partial charge in [0.25, 0.3) is 0 Å². The number of ether oxygens (including phenoxy) is 2. The van der Waals surface area contributed by atoms with Gasteiger partial charge in [0.1, 0.15) is 0 Å². The molecule has 0 aliphatic rings. The van der Waals surface area contributed by atoms with E-state index >= 15 is 0 Å². The van der Waals surface area contributed by atoms with Crippen LogP contribution in [0.4, 0.5) is 0 Å². The lowest BCUT2D eigenvalue weighted by molar-refractivity contribution is 0.295. The maximum Gasteiger partial charge on any atom is 0.161 e. The van der Waals surface area contributed by atoms with Crippen LogP contribution in [0.25, 0.3) is 0 Å². The molecule has 20 heavy (non-hydrogen) atoms.